The van der Waals surface area contributed by atoms with E-state index in [4.69, 9.17) is 21.6 Å². The van der Waals surface area contributed by atoms with Crippen LogP contribution >= 0.6 is 0 Å². The topological polar surface area (TPSA) is 74.2 Å². The van der Waals surface area contributed by atoms with Crippen molar-refractivity contribution in [1.82, 2.24) is 0 Å². The maximum atomic E-state index is 11.1. The molecule has 0 aliphatic carbocycles. The summed E-state index contributed by atoms with van der Waals surface area (Å²) < 4.78 is 24.9. The van der Waals surface area contributed by atoms with Crippen LogP contribution in [0.1, 0.15) is 6.92 Å². The van der Waals surface area contributed by atoms with Gasteiger partial charge in [0.05, 0.1) is 0 Å². The zero-order valence-electron chi connectivity index (χ0n) is 14.1. The predicted molar refractivity (Wildman–Crippen MR) is 89.8 cm³/mol. The van der Waals surface area contributed by atoms with Gasteiger partial charge >= 0.3 is 40.2 Å². The van der Waals surface area contributed by atoms with E-state index in [1.807, 2.05) is 45.8 Å². The van der Waals surface area contributed by atoms with Gasteiger partial charge in [-0.2, -0.15) is 0 Å². The zero-order valence-corrected chi connectivity index (χ0v) is 18.1. The molecule has 1 aliphatic rings. The van der Waals surface area contributed by atoms with E-state index in [-0.39, 0.29) is 5.57 Å². The molecule has 10 heteroatoms. The van der Waals surface area contributed by atoms with Gasteiger partial charge in [-0.25, -0.2) is 4.79 Å². The minimum atomic E-state index is -2.83. The lowest BCUT2D eigenvalue weighted by molar-refractivity contribution is -0.132. The second-order valence-corrected chi connectivity index (χ2v) is 20.7. The lowest BCUT2D eigenvalue weighted by Gasteiger charge is -2.46. The van der Waals surface area contributed by atoms with Gasteiger partial charge in [0, 0.05) is 5.57 Å². The summed E-state index contributed by atoms with van der Waals surface area (Å²) in [6.45, 7) is 15.2. The molecule has 0 amide bonds. The van der Waals surface area contributed by atoms with E-state index in [0.29, 0.717) is 0 Å². The molecule has 1 rings (SSSR count). The molecule has 0 aromatic rings. The summed E-state index contributed by atoms with van der Waals surface area (Å²) >= 11 is 0. The van der Waals surface area contributed by atoms with Crippen molar-refractivity contribution in [2.24, 2.45) is 0 Å². The Morgan fingerprint density at radius 2 is 1.14 bits per heavy atom. The number of carbonyl (C=O) groups is 1. The Morgan fingerprint density at radius 1 is 0.810 bits per heavy atom. The van der Waals surface area contributed by atoms with Crippen LogP contribution in [-0.2, 0) is 21.3 Å². The van der Waals surface area contributed by atoms with Gasteiger partial charge in [-0.1, -0.05) is 0 Å². The van der Waals surface area contributed by atoms with Gasteiger partial charge < -0.3 is 21.6 Å². The normalized spacial score (nSPS) is 27.5. The molecule has 0 atom stereocenters. The maximum absolute atomic E-state index is 11.1. The Hall–Kier alpha value is -0.0825. The van der Waals surface area contributed by atoms with Crippen LogP contribution in [0.25, 0.3) is 0 Å². The van der Waals surface area contributed by atoms with Gasteiger partial charge in [0.25, 0.3) is 0 Å². The second-order valence-electron chi connectivity index (χ2n) is 6.76. The number of rotatable bonds is 2. The van der Waals surface area contributed by atoms with Crippen LogP contribution in [0.5, 0.6) is 0 Å². The van der Waals surface area contributed by atoms with Gasteiger partial charge in [0.15, 0.2) is 0 Å². The average molecular weight is 367 g/mol. The third kappa shape index (κ3) is 5.90. The van der Waals surface area contributed by atoms with Gasteiger partial charge in [0.1, 0.15) is 0 Å². The summed E-state index contributed by atoms with van der Waals surface area (Å²) in [4.78, 5) is 11.1. The Kier molecular flexibility index (Phi) is 5.28. The van der Waals surface area contributed by atoms with Crippen LogP contribution in [0.15, 0.2) is 11.3 Å². The van der Waals surface area contributed by atoms with Gasteiger partial charge in [-0.05, 0) is 58.5 Å². The first kappa shape index (κ1) is 19.0. The highest BCUT2D eigenvalue weighted by Gasteiger charge is 2.51. The van der Waals surface area contributed by atoms with Crippen LogP contribution in [-0.4, -0.2) is 45.3 Å². The molecule has 21 heavy (non-hydrogen) atoms. The smallest absolute Gasteiger partial charge is 0.344 e. The minimum Gasteiger partial charge on any atom is -0.478 e. The van der Waals surface area contributed by atoms with Crippen LogP contribution in [0.4, 0.5) is 0 Å². The lowest BCUT2D eigenvalue weighted by atomic mass is 10.4. The molecule has 0 unspecified atom stereocenters. The van der Waals surface area contributed by atoms with Gasteiger partial charge in [0.2, 0.25) is 0 Å². The summed E-state index contributed by atoms with van der Waals surface area (Å²) in [5.74, 6) is -0.964. The zero-order chi connectivity index (χ0) is 16.7. The van der Waals surface area contributed by atoms with Crippen molar-refractivity contribution >= 4 is 40.2 Å². The molecule has 0 aromatic heterocycles. The maximum Gasteiger partial charge on any atom is 0.344 e. The molecule has 1 N–H and O–H groups in total. The minimum absolute atomic E-state index is 0.232. The molecule has 122 valence electrons. The van der Waals surface area contributed by atoms with Crippen LogP contribution in [0.2, 0.25) is 45.8 Å². The van der Waals surface area contributed by atoms with E-state index in [9.17, 15) is 4.79 Å². The molecule has 0 bridgehead atoms. The van der Waals surface area contributed by atoms with E-state index < -0.39 is 40.2 Å². The summed E-state index contributed by atoms with van der Waals surface area (Å²) in [7, 11) is -10.0. The number of hydrogen-bond donors (Lipinski definition) is 1. The molecule has 1 saturated heterocycles. The summed E-state index contributed by atoms with van der Waals surface area (Å²) in [5, 5.41) is 9.11. The highest BCUT2D eigenvalue weighted by Crippen LogP contribution is 2.31. The molecule has 0 aromatic carbocycles. The predicted octanol–water partition coefficient (Wildman–Crippen LogP) is 2.81. The van der Waals surface area contributed by atoms with E-state index in [0.717, 1.165) is 0 Å². The molecule has 1 fully saturated rings. The van der Waals surface area contributed by atoms with Crippen molar-refractivity contribution in [3.63, 3.8) is 0 Å². The molecule has 1 heterocycles. The Labute approximate surface area is 131 Å². The molecular weight excluding hydrogens is 340 g/mol. The fourth-order valence-electron chi connectivity index (χ4n) is 2.76. The second kappa shape index (κ2) is 5.85. The molecule has 0 spiro atoms. The number of aliphatic carboxylic acids is 1. The average Bonchev–Trinajstić information content (AvgIpc) is 2.06. The number of carboxylic acids is 1. The van der Waals surface area contributed by atoms with E-state index >= 15 is 0 Å². The third-order valence-electron chi connectivity index (χ3n) is 2.70. The van der Waals surface area contributed by atoms with Crippen molar-refractivity contribution in [3.8, 4) is 0 Å². The van der Waals surface area contributed by atoms with Crippen LogP contribution in [0.3, 0.4) is 0 Å². The molecule has 1 aliphatic heterocycles. The van der Waals surface area contributed by atoms with Crippen molar-refractivity contribution in [2.75, 3.05) is 0 Å². The van der Waals surface area contributed by atoms with E-state index in [1.165, 1.54) is 0 Å². The Bertz CT molecular complexity index is 438. The highest BCUT2D eigenvalue weighted by atomic mass is 28.5. The first-order valence-electron chi connectivity index (χ1n) is 6.89. The molecule has 0 radical (unpaired) electrons. The Balaban J connectivity index is 3.21. The summed E-state index contributed by atoms with van der Waals surface area (Å²) in [5.41, 5.74) is 1.86. The molecule has 0 saturated carbocycles. The third-order valence-corrected chi connectivity index (χ3v) is 18.7. The number of hydrogen-bond acceptors (Lipinski definition) is 5. The van der Waals surface area contributed by atoms with Crippen molar-refractivity contribution < 1.29 is 26.4 Å². The first-order valence-corrected chi connectivity index (χ1v) is 17.7. The largest absolute Gasteiger partial charge is 0.478 e. The highest BCUT2D eigenvalue weighted by molar-refractivity contribution is 6.94. The van der Waals surface area contributed by atoms with Crippen molar-refractivity contribution in [2.45, 2.75) is 52.8 Å². The van der Waals surface area contributed by atoms with E-state index in [2.05, 4.69) is 0 Å². The van der Waals surface area contributed by atoms with Gasteiger partial charge in [-0.15, -0.1) is 0 Å². The Morgan fingerprint density at radius 3 is 1.48 bits per heavy atom. The van der Waals surface area contributed by atoms with Crippen molar-refractivity contribution in [3.05, 3.63) is 11.3 Å². The van der Waals surface area contributed by atoms with Crippen molar-refractivity contribution in [1.29, 1.82) is 0 Å². The monoisotopic (exact) mass is 366 g/mol. The SMILES string of the molecule is CC(=C[Si]1(C)O[Si](C)(C)O[Si](C)(C)O[Si](C)(C)O1)C(=O)O. The molecular formula is C11H26O6Si4. The standard InChI is InChI=1S/C11H26O6Si4/c1-10(11(12)13)9-21(8)16-19(4,5)14-18(2,3)15-20(6,7)17-21/h9H,1-8H3,(H,12,13). The van der Waals surface area contributed by atoms with E-state index in [1.54, 1.807) is 12.6 Å². The first-order chi connectivity index (χ1) is 9.16. The molecule has 6 nitrogen and oxygen atoms in total. The fraction of sp³-hybridized carbons (Fsp3) is 0.727. The van der Waals surface area contributed by atoms with Gasteiger partial charge in [-0.3, -0.25) is 0 Å². The summed E-state index contributed by atoms with van der Waals surface area (Å²) in [6, 6.07) is 0. The summed E-state index contributed by atoms with van der Waals surface area (Å²) in [6.07, 6.45) is 0. The van der Waals surface area contributed by atoms with Crippen LogP contribution in [0, 0.1) is 0 Å². The van der Waals surface area contributed by atoms with Crippen LogP contribution < -0.4 is 0 Å². The quantitative estimate of drug-likeness (QED) is 0.598. The number of carboxylic acid groups (broad SMARTS) is 1. The fourth-order valence-corrected chi connectivity index (χ4v) is 23.6. The lowest BCUT2D eigenvalue weighted by Crippen LogP contribution is -2.64.